The molecule has 0 unspecified atom stereocenters. The summed E-state index contributed by atoms with van der Waals surface area (Å²) in [4.78, 5) is 26.6. The van der Waals surface area contributed by atoms with Crippen LogP contribution in [0, 0.1) is 0 Å². The number of benzene rings is 2. The molecule has 0 atom stereocenters. The third-order valence-corrected chi connectivity index (χ3v) is 5.35. The third kappa shape index (κ3) is 4.54. The first-order chi connectivity index (χ1) is 13.0. The maximum Gasteiger partial charge on any atom is 0.293 e. The van der Waals surface area contributed by atoms with Gasteiger partial charge in [0.25, 0.3) is 11.1 Å². The summed E-state index contributed by atoms with van der Waals surface area (Å²) >= 11 is 4.32. The number of carbonyl (C=O) groups excluding carboxylic acids is 2. The van der Waals surface area contributed by atoms with Gasteiger partial charge in [0, 0.05) is 4.47 Å². The number of thioether (sulfide) groups is 1. The molecule has 2 aromatic carbocycles. The van der Waals surface area contributed by atoms with Crippen molar-refractivity contribution in [2.75, 3.05) is 13.7 Å². The predicted molar refractivity (Wildman–Crippen MR) is 110 cm³/mol. The molecule has 1 heterocycles. The van der Waals surface area contributed by atoms with Gasteiger partial charge in [-0.2, -0.15) is 0 Å². The van der Waals surface area contributed by atoms with E-state index in [-0.39, 0.29) is 17.7 Å². The van der Waals surface area contributed by atoms with Crippen molar-refractivity contribution in [3.63, 3.8) is 0 Å². The second kappa shape index (κ2) is 8.63. The van der Waals surface area contributed by atoms with Crippen LogP contribution >= 0.6 is 27.7 Å². The number of amides is 2. The van der Waals surface area contributed by atoms with Gasteiger partial charge in [0.2, 0.25) is 0 Å². The number of ether oxygens (including phenoxy) is 2. The van der Waals surface area contributed by atoms with Gasteiger partial charge < -0.3 is 9.47 Å². The summed E-state index contributed by atoms with van der Waals surface area (Å²) in [5.41, 5.74) is 1.66. The Morgan fingerprint density at radius 1 is 1.11 bits per heavy atom. The van der Waals surface area contributed by atoms with Crippen LogP contribution in [0.2, 0.25) is 0 Å². The van der Waals surface area contributed by atoms with Gasteiger partial charge in [0.1, 0.15) is 0 Å². The molecule has 0 saturated carbocycles. The summed E-state index contributed by atoms with van der Waals surface area (Å²) in [7, 11) is 1.56. The van der Waals surface area contributed by atoms with E-state index >= 15 is 0 Å². The lowest BCUT2D eigenvalue weighted by atomic mass is 10.1. The topological polar surface area (TPSA) is 55.8 Å². The minimum absolute atomic E-state index is 0.252. The number of hydrogen-bond donors (Lipinski definition) is 0. The summed E-state index contributed by atoms with van der Waals surface area (Å²) in [6.07, 6.45) is 1.70. The molecule has 0 radical (unpaired) electrons. The largest absolute Gasteiger partial charge is 0.493 e. The molecule has 0 bridgehead atoms. The van der Waals surface area contributed by atoms with Gasteiger partial charge in [0.15, 0.2) is 11.5 Å². The highest BCUT2D eigenvalue weighted by Gasteiger charge is 2.35. The number of methoxy groups -OCH3 is 1. The standard InChI is InChI=1S/C20H18BrNO4S/c1-3-26-16-9-6-14(10-17(16)25-2)11-18-19(23)22(20(24)27-18)12-13-4-7-15(21)8-5-13/h4-11H,3,12H2,1-2H3/b18-11-. The zero-order valence-electron chi connectivity index (χ0n) is 14.9. The van der Waals surface area contributed by atoms with Gasteiger partial charge in [-0.05, 0) is 60.2 Å². The van der Waals surface area contributed by atoms with Crippen molar-refractivity contribution in [3.8, 4) is 11.5 Å². The smallest absolute Gasteiger partial charge is 0.293 e. The molecule has 27 heavy (non-hydrogen) atoms. The van der Waals surface area contributed by atoms with E-state index in [4.69, 9.17) is 9.47 Å². The molecule has 1 aliphatic heterocycles. The van der Waals surface area contributed by atoms with Crippen molar-refractivity contribution in [2.24, 2.45) is 0 Å². The van der Waals surface area contributed by atoms with Crippen LogP contribution in [0.25, 0.3) is 6.08 Å². The molecule has 0 aliphatic carbocycles. The Bertz CT molecular complexity index is 895. The van der Waals surface area contributed by atoms with Gasteiger partial charge in [-0.25, -0.2) is 0 Å². The summed E-state index contributed by atoms with van der Waals surface area (Å²) < 4.78 is 11.8. The van der Waals surface area contributed by atoms with Gasteiger partial charge in [-0.15, -0.1) is 0 Å². The van der Waals surface area contributed by atoms with Crippen molar-refractivity contribution in [3.05, 3.63) is 63.0 Å². The molecule has 0 N–H and O–H groups in total. The Kier molecular flexibility index (Phi) is 6.23. The third-order valence-electron chi connectivity index (χ3n) is 3.91. The zero-order valence-corrected chi connectivity index (χ0v) is 17.3. The number of imide groups is 1. The number of halogens is 1. The Balaban J connectivity index is 1.80. The van der Waals surface area contributed by atoms with Crippen LogP contribution in [0.5, 0.6) is 11.5 Å². The number of rotatable bonds is 6. The zero-order chi connectivity index (χ0) is 19.4. The van der Waals surface area contributed by atoms with Crippen molar-refractivity contribution in [2.45, 2.75) is 13.5 Å². The Labute approximate surface area is 170 Å². The highest BCUT2D eigenvalue weighted by atomic mass is 79.9. The lowest BCUT2D eigenvalue weighted by Crippen LogP contribution is -2.27. The van der Waals surface area contributed by atoms with Crippen LogP contribution in [-0.4, -0.2) is 29.8 Å². The van der Waals surface area contributed by atoms with Crippen molar-refractivity contribution < 1.29 is 19.1 Å². The maximum absolute atomic E-state index is 12.7. The van der Waals surface area contributed by atoms with E-state index in [0.29, 0.717) is 23.0 Å². The monoisotopic (exact) mass is 447 g/mol. The van der Waals surface area contributed by atoms with Gasteiger partial charge >= 0.3 is 0 Å². The Hall–Kier alpha value is -2.25. The van der Waals surface area contributed by atoms with E-state index in [1.165, 1.54) is 4.90 Å². The molecule has 2 aromatic rings. The molecule has 1 fully saturated rings. The molecule has 140 valence electrons. The number of hydrogen-bond acceptors (Lipinski definition) is 5. The highest BCUT2D eigenvalue weighted by molar-refractivity contribution is 9.10. The van der Waals surface area contributed by atoms with Crippen LogP contribution in [-0.2, 0) is 11.3 Å². The summed E-state index contributed by atoms with van der Waals surface area (Å²) in [5.74, 6) is 0.931. The molecule has 3 rings (SSSR count). The molecule has 0 aromatic heterocycles. The molecule has 1 saturated heterocycles. The van der Waals surface area contributed by atoms with E-state index in [1.807, 2.05) is 37.3 Å². The van der Waals surface area contributed by atoms with E-state index < -0.39 is 0 Å². The van der Waals surface area contributed by atoms with Crippen LogP contribution in [0.4, 0.5) is 4.79 Å². The maximum atomic E-state index is 12.7. The molecule has 5 nitrogen and oxygen atoms in total. The molecule has 7 heteroatoms. The lowest BCUT2D eigenvalue weighted by Gasteiger charge is -2.12. The normalized spacial score (nSPS) is 15.5. The second-order valence-electron chi connectivity index (χ2n) is 5.74. The second-order valence-corrected chi connectivity index (χ2v) is 7.65. The van der Waals surface area contributed by atoms with Crippen LogP contribution in [0.3, 0.4) is 0 Å². The molecule has 0 spiro atoms. The minimum Gasteiger partial charge on any atom is -0.493 e. The Morgan fingerprint density at radius 2 is 1.85 bits per heavy atom. The van der Waals surface area contributed by atoms with Crippen LogP contribution in [0.1, 0.15) is 18.1 Å². The van der Waals surface area contributed by atoms with E-state index in [9.17, 15) is 9.59 Å². The first kappa shape index (κ1) is 19.5. The SMILES string of the molecule is CCOc1ccc(/C=C2\SC(=O)N(Cc3ccc(Br)cc3)C2=O)cc1OC. The molecule has 1 aliphatic rings. The van der Waals surface area contributed by atoms with Gasteiger partial charge in [-0.3, -0.25) is 14.5 Å². The predicted octanol–water partition coefficient (Wildman–Crippen LogP) is 5.09. The van der Waals surface area contributed by atoms with E-state index in [2.05, 4.69) is 15.9 Å². The highest BCUT2D eigenvalue weighted by Crippen LogP contribution is 2.35. The first-order valence-corrected chi connectivity index (χ1v) is 9.93. The van der Waals surface area contributed by atoms with Crippen LogP contribution < -0.4 is 9.47 Å². The first-order valence-electron chi connectivity index (χ1n) is 8.32. The van der Waals surface area contributed by atoms with E-state index in [1.54, 1.807) is 25.3 Å². The lowest BCUT2D eigenvalue weighted by molar-refractivity contribution is -0.123. The minimum atomic E-state index is -0.291. The quantitative estimate of drug-likeness (QED) is 0.576. The fourth-order valence-electron chi connectivity index (χ4n) is 2.61. The number of nitrogens with zero attached hydrogens (tertiary/aromatic N) is 1. The average molecular weight is 448 g/mol. The fourth-order valence-corrected chi connectivity index (χ4v) is 3.71. The van der Waals surface area contributed by atoms with Crippen molar-refractivity contribution >= 4 is 44.9 Å². The van der Waals surface area contributed by atoms with E-state index in [0.717, 1.165) is 27.4 Å². The number of carbonyl (C=O) groups is 2. The average Bonchev–Trinajstić information content (AvgIpc) is 2.92. The van der Waals surface area contributed by atoms with Gasteiger partial charge in [0.05, 0.1) is 25.2 Å². The van der Waals surface area contributed by atoms with Crippen LogP contribution in [0.15, 0.2) is 51.8 Å². The fraction of sp³-hybridized carbons (Fsp3) is 0.200. The summed E-state index contributed by atoms with van der Waals surface area (Å²) in [6, 6.07) is 12.9. The van der Waals surface area contributed by atoms with Gasteiger partial charge in [-0.1, -0.05) is 34.1 Å². The molecular weight excluding hydrogens is 430 g/mol. The van der Waals surface area contributed by atoms with Crippen molar-refractivity contribution in [1.82, 2.24) is 4.90 Å². The van der Waals surface area contributed by atoms with Crippen molar-refractivity contribution in [1.29, 1.82) is 0 Å². The molecular formula is C20H18BrNO4S. The summed E-state index contributed by atoms with van der Waals surface area (Å²) in [5, 5.41) is -0.271. The summed E-state index contributed by atoms with van der Waals surface area (Å²) in [6.45, 7) is 2.68. The Morgan fingerprint density at radius 3 is 2.52 bits per heavy atom. The molecule has 2 amide bonds.